The lowest BCUT2D eigenvalue weighted by Crippen LogP contribution is -2.35. The van der Waals surface area contributed by atoms with Gasteiger partial charge in [-0.25, -0.2) is 5.06 Å². The number of nitrogens with zero attached hydrogens (tertiary/aromatic N) is 1. The van der Waals surface area contributed by atoms with E-state index in [1.165, 1.54) is 21.9 Å². The van der Waals surface area contributed by atoms with E-state index in [0.717, 1.165) is 37.1 Å². The van der Waals surface area contributed by atoms with Gasteiger partial charge in [0.2, 0.25) is 0 Å². The Morgan fingerprint density at radius 1 is 1.31 bits per heavy atom. The number of carbonyl (C=O) groups is 1. The molecule has 1 aliphatic carbocycles. The Kier molecular flexibility index (Phi) is 2.69. The molecule has 3 nitrogen and oxygen atoms in total. The van der Waals surface area contributed by atoms with Crippen LogP contribution in [0, 0.1) is 0 Å². The quantitative estimate of drug-likeness (QED) is 0.750. The zero-order valence-corrected chi connectivity index (χ0v) is 10.0. The number of rotatable bonds is 1. The van der Waals surface area contributed by atoms with Gasteiger partial charge < -0.3 is 0 Å². The number of aryl methyl sites for hydroxylation is 2. The van der Waals surface area contributed by atoms with Gasteiger partial charge in [-0.2, -0.15) is 0 Å². The molecule has 1 aromatic heterocycles. The summed E-state index contributed by atoms with van der Waals surface area (Å²) in [6, 6.07) is 2.06. The van der Waals surface area contributed by atoms with E-state index < -0.39 is 0 Å². The van der Waals surface area contributed by atoms with Crippen LogP contribution in [-0.4, -0.2) is 24.1 Å². The van der Waals surface area contributed by atoms with Gasteiger partial charge in [0.05, 0.1) is 11.5 Å². The number of carbonyl (C=O) groups excluding carboxylic acids is 1. The summed E-state index contributed by atoms with van der Waals surface area (Å²) >= 11 is 1.65. The van der Waals surface area contributed by atoms with Crippen molar-refractivity contribution < 1.29 is 9.63 Å². The average Bonchev–Trinajstić information content (AvgIpc) is 2.89. The Bertz CT molecular complexity index is 386. The van der Waals surface area contributed by atoms with E-state index in [9.17, 15) is 4.79 Å². The summed E-state index contributed by atoms with van der Waals surface area (Å²) in [6.07, 6.45) is 5.64. The second-order valence-electron chi connectivity index (χ2n) is 4.36. The molecule has 0 spiro atoms. The lowest BCUT2D eigenvalue weighted by Gasteiger charge is -2.25. The number of hydrogen-bond acceptors (Lipinski definition) is 3. The minimum absolute atomic E-state index is 0.0547. The summed E-state index contributed by atoms with van der Waals surface area (Å²) in [7, 11) is 0. The van der Waals surface area contributed by atoms with Gasteiger partial charge in [0.25, 0.3) is 5.91 Å². The van der Waals surface area contributed by atoms with Crippen LogP contribution < -0.4 is 0 Å². The minimum Gasteiger partial charge on any atom is -0.271 e. The molecule has 1 aromatic rings. The molecule has 4 heteroatoms. The molecule has 3 rings (SSSR count). The highest BCUT2D eigenvalue weighted by Gasteiger charge is 2.24. The van der Waals surface area contributed by atoms with Gasteiger partial charge in [0.15, 0.2) is 0 Å². The Morgan fingerprint density at radius 3 is 3.00 bits per heavy atom. The summed E-state index contributed by atoms with van der Waals surface area (Å²) in [6.45, 7) is 1.41. The van der Waals surface area contributed by atoms with E-state index >= 15 is 0 Å². The molecule has 0 bridgehead atoms. The molecule has 16 heavy (non-hydrogen) atoms. The molecule has 2 aliphatic rings. The largest absolute Gasteiger partial charge is 0.287 e. The Morgan fingerprint density at radius 2 is 2.25 bits per heavy atom. The van der Waals surface area contributed by atoms with Crippen molar-refractivity contribution in [3.8, 4) is 0 Å². The summed E-state index contributed by atoms with van der Waals surface area (Å²) < 4.78 is 0. The number of thiophene rings is 1. The van der Waals surface area contributed by atoms with Crippen LogP contribution in [0.5, 0.6) is 0 Å². The maximum Gasteiger partial charge on any atom is 0.287 e. The fraction of sp³-hybridized carbons (Fsp3) is 0.583. The van der Waals surface area contributed by atoms with Crippen LogP contribution in [0.4, 0.5) is 0 Å². The van der Waals surface area contributed by atoms with E-state index in [1.54, 1.807) is 11.3 Å². The van der Waals surface area contributed by atoms with E-state index in [-0.39, 0.29) is 5.91 Å². The topological polar surface area (TPSA) is 29.5 Å². The monoisotopic (exact) mass is 237 g/mol. The second-order valence-corrected chi connectivity index (χ2v) is 5.50. The van der Waals surface area contributed by atoms with Gasteiger partial charge in [-0.3, -0.25) is 9.63 Å². The van der Waals surface area contributed by atoms with Crippen molar-refractivity contribution in [1.82, 2.24) is 5.06 Å². The molecule has 0 radical (unpaired) electrons. The van der Waals surface area contributed by atoms with Gasteiger partial charge in [0.1, 0.15) is 0 Å². The minimum atomic E-state index is 0.0547. The fourth-order valence-corrected chi connectivity index (χ4v) is 3.51. The highest BCUT2D eigenvalue weighted by Crippen LogP contribution is 2.31. The predicted molar refractivity (Wildman–Crippen MR) is 62.6 cm³/mol. The standard InChI is InChI=1S/C12H15NO2S/c14-12(13-6-1-2-7-15-13)11-8-9-4-3-5-10(9)16-11/h8H,1-7H2. The molecule has 1 saturated heterocycles. The molecular formula is C12H15NO2S. The molecule has 0 aromatic carbocycles. The molecule has 1 aliphatic heterocycles. The van der Waals surface area contributed by atoms with Crippen molar-refractivity contribution in [2.24, 2.45) is 0 Å². The first-order valence-corrected chi connectivity index (χ1v) is 6.72. The molecule has 0 unspecified atom stereocenters. The van der Waals surface area contributed by atoms with Crippen LogP contribution in [0.3, 0.4) is 0 Å². The Balaban J connectivity index is 1.78. The van der Waals surface area contributed by atoms with Gasteiger partial charge in [0, 0.05) is 11.4 Å². The Hall–Kier alpha value is -0.870. The third-order valence-corrected chi connectivity index (χ3v) is 4.41. The second kappa shape index (κ2) is 4.18. The number of hydrogen-bond donors (Lipinski definition) is 0. The van der Waals surface area contributed by atoms with Crippen LogP contribution in [0.2, 0.25) is 0 Å². The average molecular weight is 237 g/mol. The molecule has 1 fully saturated rings. The first kappa shape index (κ1) is 10.3. The summed E-state index contributed by atoms with van der Waals surface area (Å²) in [5.74, 6) is 0.0547. The van der Waals surface area contributed by atoms with E-state index in [2.05, 4.69) is 6.07 Å². The van der Waals surface area contributed by atoms with Crippen molar-refractivity contribution in [2.45, 2.75) is 32.1 Å². The molecule has 2 heterocycles. The highest BCUT2D eigenvalue weighted by atomic mass is 32.1. The third-order valence-electron chi connectivity index (χ3n) is 3.19. The number of hydroxylamine groups is 2. The van der Waals surface area contributed by atoms with E-state index in [0.29, 0.717) is 6.61 Å². The van der Waals surface area contributed by atoms with Gasteiger partial charge >= 0.3 is 0 Å². The van der Waals surface area contributed by atoms with Crippen molar-refractivity contribution >= 4 is 17.2 Å². The summed E-state index contributed by atoms with van der Waals surface area (Å²) in [4.78, 5) is 19.8. The molecular weight excluding hydrogens is 222 g/mol. The molecule has 0 saturated carbocycles. The molecule has 86 valence electrons. The normalized spacial score (nSPS) is 19.9. The highest BCUT2D eigenvalue weighted by molar-refractivity contribution is 7.14. The van der Waals surface area contributed by atoms with Crippen molar-refractivity contribution in [3.63, 3.8) is 0 Å². The molecule has 0 N–H and O–H groups in total. The first-order chi connectivity index (χ1) is 7.84. The van der Waals surface area contributed by atoms with Gasteiger partial charge in [-0.15, -0.1) is 11.3 Å². The lowest BCUT2D eigenvalue weighted by molar-refractivity contribution is -0.143. The number of amides is 1. The van der Waals surface area contributed by atoms with Gasteiger partial charge in [-0.1, -0.05) is 0 Å². The van der Waals surface area contributed by atoms with Crippen molar-refractivity contribution in [1.29, 1.82) is 0 Å². The van der Waals surface area contributed by atoms with Crippen LogP contribution in [0.1, 0.15) is 39.4 Å². The van der Waals surface area contributed by atoms with E-state index in [4.69, 9.17) is 4.84 Å². The zero-order chi connectivity index (χ0) is 11.0. The maximum absolute atomic E-state index is 12.1. The maximum atomic E-state index is 12.1. The van der Waals surface area contributed by atoms with Crippen molar-refractivity contribution in [3.05, 3.63) is 21.4 Å². The summed E-state index contributed by atoms with van der Waals surface area (Å²) in [5.41, 5.74) is 1.38. The Labute approximate surface area is 99.0 Å². The lowest BCUT2D eigenvalue weighted by atomic mass is 10.2. The summed E-state index contributed by atoms with van der Waals surface area (Å²) in [5, 5.41) is 1.53. The van der Waals surface area contributed by atoms with Crippen LogP contribution in [0.15, 0.2) is 6.07 Å². The van der Waals surface area contributed by atoms with Crippen molar-refractivity contribution in [2.75, 3.05) is 13.2 Å². The van der Waals surface area contributed by atoms with Crippen LogP contribution in [0.25, 0.3) is 0 Å². The van der Waals surface area contributed by atoms with Crippen LogP contribution >= 0.6 is 11.3 Å². The smallest absolute Gasteiger partial charge is 0.271 e. The fourth-order valence-electron chi connectivity index (χ4n) is 2.31. The SMILES string of the molecule is O=C(c1cc2c(s1)CCC2)N1CCCCO1. The molecule has 0 atom stereocenters. The third kappa shape index (κ3) is 1.76. The van der Waals surface area contributed by atoms with E-state index in [1.807, 2.05) is 0 Å². The zero-order valence-electron chi connectivity index (χ0n) is 9.20. The first-order valence-electron chi connectivity index (χ1n) is 5.91. The predicted octanol–water partition coefficient (Wildman–Crippen LogP) is 2.40. The van der Waals surface area contributed by atoms with Gasteiger partial charge in [-0.05, 0) is 43.7 Å². The number of fused-ring (bicyclic) bond motifs is 1. The van der Waals surface area contributed by atoms with Crippen LogP contribution in [-0.2, 0) is 17.7 Å². The molecule has 1 amide bonds.